The Labute approximate surface area is 238 Å². The molecule has 0 radical (unpaired) electrons. The molecule has 0 saturated carbocycles. The average Bonchev–Trinajstić information content (AvgIpc) is 2.91. The second kappa shape index (κ2) is 12.4. The number of aliphatic hydroxyl groups is 1. The van der Waals surface area contributed by atoms with Crippen LogP contribution in [0.4, 0.5) is 32.2 Å². The zero-order valence-electron chi connectivity index (χ0n) is 22.7. The third-order valence-electron chi connectivity index (χ3n) is 7.19. The van der Waals surface area contributed by atoms with Gasteiger partial charge in [0, 0.05) is 46.3 Å². The molecule has 41 heavy (non-hydrogen) atoms. The Balaban J connectivity index is 1.58. The molecule has 1 aliphatic rings. The molecule has 0 aliphatic carbocycles. The quantitative estimate of drug-likeness (QED) is 0.323. The number of benzene rings is 1. The zero-order chi connectivity index (χ0) is 30.8. The number of aromatic nitrogens is 1. The molecule has 2 amide bonds. The van der Waals surface area contributed by atoms with Crippen molar-refractivity contribution in [2.45, 2.75) is 43.6 Å². The minimum Gasteiger partial charge on any atom is -0.369 e. The molecule has 2 heterocycles. The van der Waals surface area contributed by atoms with Crippen molar-refractivity contribution in [3.8, 4) is 0 Å². The molecule has 1 aromatic carbocycles. The first-order valence-electron chi connectivity index (χ1n) is 12.8. The fourth-order valence-corrected chi connectivity index (χ4v) is 5.01. The second-order valence-corrected chi connectivity index (χ2v) is 10.7. The Kier molecular flexibility index (Phi) is 9.84. The van der Waals surface area contributed by atoms with Crippen LogP contribution in [0.15, 0.2) is 36.4 Å². The van der Waals surface area contributed by atoms with Crippen LogP contribution in [0.3, 0.4) is 0 Å². The Morgan fingerprint density at radius 3 is 2.17 bits per heavy atom. The summed E-state index contributed by atoms with van der Waals surface area (Å²) in [7, 11) is 4.30. The lowest BCUT2D eigenvalue weighted by atomic mass is 9.89. The molecule has 1 fully saturated rings. The van der Waals surface area contributed by atoms with E-state index in [-0.39, 0.29) is 29.6 Å². The van der Waals surface area contributed by atoms with E-state index in [0.717, 1.165) is 26.0 Å². The zero-order valence-corrected chi connectivity index (χ0v) is 23.4. The van der Waals surface area contributed by atoms with Crippen molar-refractivity contribution >= 4 is 29.2 Å². The lowest BCUT2D eigenvalue weighted by Crippen LogP contribution is -2.55. The number of hydrogen-bond donors (Lipinski definition) is 1. The molecule has 7 nitrogen and oxygen atoms in total. The molecule has 3 rings (SSSR count). The van der Waals surface area contributed by atoms with Crippen molar-refractivity contribution in [3.63, 3.8) is 0 Å². The molecule has 2 aromatic rings. The molecule has 14 heteroatoms. The summed E-state index contributed by atoms with van der Waals surface area (Å²) < 4.78 is 81.0. The van der Waals surface area contributed by atoms with E-state index in [1.54, 1.807) is 26.2 Å². The highest BCUT2D eigenvalue weighted by atomic mass is 35.5. The SMILES string of the molecule is CN(C)C(=O)c1ccc(N2CCC(CCCN(C)C(=O)[C@@](O)(c3cccc(C(F)(F)F)c3)C(F)(F)F)CC2)nc1Cl. The van der Waals surface area contributed by atoms with Crippen LogP contribution in [0.1, 0.15) is 47.2 Å². The van der Waals surface area contributed by atoms with Crippen molar-refractivity contribution in [2.24, 2.45) is 5.92 Å². The van der Waals surface area contributed by atoms with Crippen LogP contribution in [0.5, 0.6) is 0 Å². The summed E-state index contributed by atoms with van der Waals surface area (Å²) in [5.74, 6) is -1.18. The Morgan fingerprint density at radius 2 is 1.63 bits per heavy atom. The minimum absolute atomic E-state index is 0.0972. The number of alkyl halides is 6. The van der Waals surface area contributed by atoms with Gasteiger partial charge in [-0.1, -0.05) is 23.7 Å². The molecule has 1 atom stereocenters. The largest absolute Gasteiger partial charge is 0.430 e. The van der Waals surface area contributed by atoms with Gasteiger partial charge in [0.25, 0.3) is 17.4 Å². The normalized spacial score (nSPS) is 16.3. The summed E-state index contributed by atoms with van der Waals surface area (Å²) in [5, 5.41) is 10.6. The number of carbonyl (C=O) groups excluding carboxylic acids is 2. The molecule has 0 bridgehead atoms. The van der Waals surface area contributed by atoms with E-state index in [0.29, 0.717) is 54.3 Å². The van der Waals surface area contributed by atoms with Gasteiger partial charge in [0.2, 0.25) is 0 Å². The van der Waals surface area contributed by atoms with Crippen molar-refractivity contribution in [3.05, 3.63) is 58.2 Å². The van der Waals surface area contributed by atoms with E-state index in [2.05, 4.69) is 4.98 Å². The standard InChI is InChI=1S/C27H31ClF6N4O3/c1-36(2)23(39)20-9-10-21(35-22(20)28)38-14-11-17(12-15-38)6-5-13-37(3)24(40)25(41,27(32,33)34)18-7-4-8-19(16-18)26(29,30)31/h4,7-10,16-17,41H,5-6,11-15H2,1-3H3/t25-/m0/s1. The van der Waals surface area contributed by atoms with Gasteiger partial charge in [-0.3, -0.25) is 9.59 Å². The monoisotopic (exact) mass is 608 g/mol. The van der Waals surface area contributed by atoms with Gasteiger partial charge in [0.1, 0.15) is 11.0 Å². The first-order valence-corrected chi connectivity index (χ1v) is 13.2. The number of amides is 2. The summed E-state index contributed by atoms with van der Waals surface area (Å²) in [5.41, 5.74) is -6.44. The van der Waals surface area contributed by atoms with Crippen LogP contribution >= 0.6 is 11.6 Å². The molecular weight excluding hydrogens is 578 g/mol. The van der Waals surface area contributed by atoms with Crippen molar-refractivity contribution in [1.29, 1.82) is 0 Å². The molecule has 226 valence electrons. The predicted molar refractivity (Wildman–Crippen MR) is 140 cm³/mol. The maximum absolute atomic E-state index is 13.9. The fourth-order valence-electron chi connectivity index (χ4n) is 4.78. The summed E-state index contributed by atoms with van der Waals surface area (Å²) in [6.45, 7) is 1.13. The van der Waals surface area contributed by atoms with Gasteiger partial charge in [-0.2, -0.15) is 26.3 Å². The van der Waals surface area contributed by atoms with Gasteiger partial charge >= 0.3 is 12.4 Å². The average molecular weight is 609 g/mol. The number of piperidine rings is 1. The van der Waals surface area contributed by atoms with Gasteiger partial charge in [-0.05, 0) is 55.9 Å². The second-order valence-electron chi connectivity index (χ2n) is 10.3. The van der Waals surface area contributed by atoms with Gasteiger partial charge in [0.05, 0.1) is 11.1 Å². The number of halogens is 7. The van der Waals surface area contributed by atoms with E-state index in [1.807, 2.05) is 4.90 Å². The van der Waals surface area contributed by atoms with Gasteiger partial charge in [-0.25, -0.2) is 4.98 Å². The van der Waals surface area contributed by atoms with Crippen molar-refractivity contribution < 1.29 is 41.0 Å². The topological polar surface area (TPSA) is 77.0 Å². The number of pyridine rings is 1. The van der Waals surface area contributed by atoms with Gasteiger partial charge < -0.3 is 19.8 Å². The number of rotatable bonds is 8. The number of likely N-dealkylation sites (N-methyl/N-ethyl adjacent to an activating group) is 1. The smallest absolute Gasteiger partial charge is 0.369 e. The van der Waals surface area contributed by atoms with Crippen LogP contribution in [-0.2, 0) is 16.6 Å². The van der Waals surface area contributed by atoms with E-state index in [1.165, 1.54) is 4.90 Å². The summed E-state index contributed by atoms with van der Waals surface area (Å²) in [6.07, 6.45) is -8.11. The van der Waals surface area contributed by atoms with Gasteiger partial charge in [0.15, 0.2) is 0 Å². The molecule has 1 aromatic heterocycles. The molecular formula is C27H31ClF6N4O3. The van der Waals surface area contributed by atoms with Crippen LogP contribution in [0, 0.1) is 5.92 Å². The number of anilines is 1. The van der Waals surface area contributed by atoms with E-state index in [4.69, 9.17) is 11.6 Å². The molecule has 1 aliphatic heterocycles. The maximum atomic E-state index is 13.9. The highest BCUT2D eigenvalue weighted by Crippen LogP contribution is 2.42. The Hall–Kier alpha value is -3.06. The van der Waals surface area contributed by atoms with E-state index < -0.39 is 35.0 Å². The van der Waals surface area contributed by atoms with Crippen molar-refractivity contribution in [1.82, 2.24) is 14.8 Å². The minimum atomic E-state index is -5.55. The fraction of sp³-hybridized carbons (Fsp3) is 0.519. The number of hydrogen-bond acceptors (Lipinski definition) is 5. The number of carbonyl (C=O) groups is 2. The molecule has 0 spiro atoms. The molecule has 1 N–H and O–H groups in total. The Bertz CT molecular complexity index is 1250. The lowest BCUT2D eigenvalue weighted by Gasteiger charge is -2.35. The van der Waals surface area contributed by atoms with E-state index >= 15 is 0 Å². The predicted octanol–water partition coefficient (Wildman–Crippen LogP) is 5.36. The Morgan fingerprint density at radius 1 is 1.02 bits per heavy atom. The van der Waals surface area contributed by atoms with Crippen LogP contribution < -0.4 is 4.90 Å². The number of nitrogens with zero attached hydrogens (tertiary/aromatic N) is 4. The van der Waals surface area contributed by atoms with Crippen molar-refractivity contribution in [2.75, 3.05) is 45.7 Å². The molecule has 0 unspecified atom stereocenters. The first kappa shape index (κ1) is 32.5. The third kappa shape index (κ3) is 7.24. The van der Waals surface area contributed by atoms with Crippen LogP contribution in [-0.4, -0.2) is 78.7 Å². The maximum Gasteiger partial charge on any atom is 0.430 e. The third-order valence-corrected chi connectivity index (χ3v) is 7.48. The van der Waals surface area contributed by atoms with Gasteiger partial charge in [-0.15, -0.1) is 0 Å². The highest BCUT2D eigenvalue weighted by Gasteiger charge is 2.62. The first-order chi connectivity index (χ1) is 19.0. The van der Waals surface area contributed by atoms with E-state index in [9.17, 15) is 41.0 Å². The summed E-state index contributed by atoms with van der Waals surface area (Å²) in [6, 6.07) is 5.41. The molecule has 1 saturated heterocycles. The summed E-state index contributed by atoms with van der Waals surface area (Å²) in [4.78, 5) is 33.4. The van der Waals surface area contributed by atoms with Crippen LogP contribution in [0.25, 0.3) is 0 Å². The highest BCUT2D eigenvalue weighted by molar-refractivity contribution is 6.32. The summed E-state index contributed by atoms with van der Waals surface area (Å²) >= 11 is 6.21. The van der Waals surface area contributed by atoms with Crippen LogP contribution in [0.2, 0.25) is 5.15 Å². The lowest BCUT2D eigenvalue weighted by molar-refractivity contribution is -0.261.